The molecule has 0 aliphatic rings. The van der Waals surface area contributed by atoms with Crippen LogP contribution in [0.2, 0.25) is 0 Å². The molecular formula is C54H37NO. The molecule has 10 rings (SSSR count). The summed E-state index contributed by atoms with van der Waals surface area (Å²) < 4.78 is 6.20. The lowest BCUT2D eigenvalue weighted by Gasteiger charge is -2.26. The Labute approximate surface area is 327 Å². The van der Waals surface area contributed by atoms with Gasteiger partial charge in [0.1, 0.15) is 11.3 Å². The van der Waals surface area contributed by atoms with Gasteiger partial charge in [0.05, 0.1) is 0 Å². The zero-order chi connectivity index (χ0) is 37.3. The highest BCUT2D eigenvalue weighted by Gasteiger charge is 2.15. The molecule has 0 saturated heterocycles. The van der Waals surface area contributed by atoms with Crippen LogP contribution < -0.4 is 4.90 Å². The molecule has 0 saturated carbocycles. The fourth-order valence-corrected chi connectivity index (χ4v) is 7.70. The molecule has 0 amide bonds. The van der Waals surface area contributed by atoms with Crippen LogP contribution in [-0.4, -0.2) is 0 Å². The Hall–Kier alpha value is -7.42. The molecule has 0 unspecified atom stereocenters. The smallest absolute Gasteiger partial charge is 0.135 e. The van der Waals surface area contributed by atoms with Crippen LogP contribution in [0.15, 0.2) is 229 Å². The maximum Gasteiger partial charge on any atom is 0.135 e. The van der Waals surface area contributed by atoms with Gasteiger partial charge >= 0.3 is 0 Å². The second-order valence-corrected chi connectivity index (χ2v) is 14.2. The number of anilines is 3. The molecule has 2 heteroatoms. The SMILES string of the molecule is c1ccc(-c2ccc(-c3ccc(N(c4ccc(-c5ccccc5)cc4)c4ccc5cc(-c6cccc(-c7cc8ccccc8o7)c6)ccc5c4)cc3)cc2)cc1. The monoisotopic (exact) mass is 715 g/mol. The number of hydrogen-bond donors (Lipinski definition) is 0. The number of para-hydroxylation sites is 1. The van der Waals surface area contributed by atoms with Crippen molar-refractivity contribution in [3.05, 3.63) is 224 Å². The van der Waals surface area contributed by atoms with Gasteiger partial charge in [-0.25, -0.2) is 0 Å². The number of nitrogens with zero attached hydrogens (tertiary/aromatic N) is 1. The van der Waals surface area contributed by atoms with E-state index in [9.17, 15) is 0 Å². The van der Waals surface area contributed by atoms with Gasteiger partial charge < -0.3 is 9.32 Å². The van der Waals surface area contributed by atoms with E-state index < -0.39 is 0 Å². The minimum atomic E-state index is 0.879. The lowest BCUT2D eigenvalue weighted by Crippen LogP contribution is -2.09. The van der Waals surface area contributed by atoms with Gasteiger partial charge in [0.25, 0.3) is 0 Å². The topological polar surface area (TPSA) is 16.4 Å². The average molecular weight is 716 g/mol. The van der Waals surface area contributed by atoms with E-state index in [0.717, 1.165) is 44.9 Å². The first-order chi connectivity index (χ1) is 27.7. The summed E-state index contributed by atoms with van der Waals surface area (Å²) in [6.07, 6.45) is 0. The molecule has 10 aromatic rings. The highest BCUT2D eigenvalue weighted by Crippen LogP contribution is 2.39. The fourth-order valence-electron chi connectivity index (χ4n) is 7.70. The molecule has 1 aromatic heterocycles. The van der Waals surface area contributed by atoms with Crippen molar-refractivity contribution in [3.8, 4) is 55.8 Å². The summed E-state index contributed by atoms with van der Waals surface area (Å²) in [5.41, 5.74) is 14.8. The van der Waals surface area contributed by atoms with E-state index in [1.807, 2.05) is 18.2 Å². The first-order valence-electron chi connectivity index (χ1n) is 19.1. The van der Waals surface area contributed by atoms with E-state index in [0.29, 0.717) is 0 Å². The highest BCUT2D eigenvalue weighted by molar-refractivity contribution is 5.93. The Morgan fingerprint density at radius 3 is 1.29 bits per heavy atom. The van der Waals surface area contributed by atoms with Gasteiger partial charge in [0.2, 0.25) is 0 Å². The van der Waals surface area contributed by atoms with Crippen LogP contribution in [0.5, 0.6) is 0 Å². The standard InChI is InChI=1S/C54H37NO/c1-3-10-38(11-4-1)40-18-20-41(21-19-40)43-26-31-51(32-27-43)55(50-29-24-42(25-30-50)39-12-5-2-6-13-39)52-33-28-46-34-45(22-23-47(46)36-52)44-15-9-16-48(35-44)54-37-49-14-7-8-17-53(49)56-54/h1-37H. The van der Waals surface area contributed by atoms with Crippen molar-refractivity contribution < 1.29 is 4.42 Å². The Bertz CT molecular complexity index is 2890. The largest absolute Gasteiger partial charge is 0.456 e. The van der Waals surface area contributed by atoms with Gasteiger partial charge in [0.15, 0.2) is 0 Å². The minimum Gasteiger partial charge on any atom is -0.456 e. The molecule has 1 heterocycles. The molecule has 0 bridgehead atoms. The van der Waals surface area contributed by atoms with Crippen molar-refractivity contribution in [1.82, 2.24) is 0 Å². The molecular weight excluding hydrogens is 679 g/mol. The summed E-state index contributed by atoms with van der Waals surface area (Å²) in [7, 11) is 0. The zero-order valence-electron chi connectivity index (χ0n) is 30.7. The third-order valence-electron chi connectivity index (χ3n) is 10.7. The Morgan fingerprint density at radius 2 is 0.679 bits per heavy atom. The highest BCUT2D eigenvalue weighted by atomic mass is 16.3. The molecule has 9 aromatic carbocycles. The van der Waals surface area contributed by atoms with Gasteiger partial charge in [-0.2, -0.15) is 0 Å². The van der Waals surface area contributed by atoms with Gasteiger partial charge in [0, 0.05) is 28.0 Å². The van der Waals surface area contributed by atoms with Gasteiger partial charge in [-0.05, 0) is 116 Å². The Kier molecular flexibility index (Phi) is 8.55. The van der Waals surface area contributed by atoms with Gasteiger partial charge in [-0.1, -0.05) is 164 Å². The molecule has 0 radical (unpaired) electrons. The quantitative estimate of drug-likeness (QED) is 0.156. The van der Waals surface area contributed by atoms with E-state index in [1.54, 1.807) is 0 Å². The van der Waals surface area contributed by atoms with Crippen LogP contribution in [0.1, 0.15) is 0 Å². The summed E-state index contributed by atoms with van der Waals surface area (Å²) in [6, 6.07) is 80.1. The van der Waals surface area contributed by atoms with Crippen molar-refractivity contribution >= 4 is 38.8 Å². The van der Waals surface area contributed by atoms with Crippen LogP contribution in [-0.2, 0) is 0 Å². The van der Waals surface area contributed by atoms with Crippen molar-refractivity contribution in [2.75, 3.05) is 4.90 Å². The first kappa shape index (κ1) is 33.2. The lowest BCUT2D eigenvalue weighted by molar-refractivity contribution is 0.631. The van der Waals surface area contributed by atoms with Crippen LogP contribution in [0.3, 0.4) is 0 Å². The molecule has 0 spiro atoms. The summed E-state index contributed by atoms with van der Waals surface area (Å²) in [5, 5.41) is 3.48. The van der Waals surface area contributed by atoms with E-state index in [2.05, 4.69) is 211 Å². The predicted octanol–water partition coefficient (Wildman–Crippen LogP) is 15.4. The molecule has 0 aliphatic carbocycles. The summed E-state index contributed by atoms with van der Waals surface area (Å²) in [4.78, 5) is 2.35. The lowest BCUT2D eigenvalue weighted by atomic mass is 9.98. The van der Waals surface area contributed by atoms with E-state index in [-0.39, 0.29) is 0 Å². The maximum absolute atomic E-state index is 6.20. The summed E-state index contributed by atoms with van der Waals surface area (Å²) >= 11 is 0. The van der Waals surface area contributed by atoms with E-state index >= 15 is 0 Å². The van der Waals surface area contributed by atoms with E-state index in [4.69, 9.17) is 4.42 Å². The second kappa shape index (κ2) is 14.4. The molecule has 2 nitrogen and oxygen atoms in total. The van der Waals surface area contributed by atoms with Gasteiger partial charge in [-0.3, -0.25) is 0 Å². The van der Waals surface area contributed by atoms with Crippen molar-refractivity contribution in [1.29, 1.82) is 0 Å². The first-order valence-corrected chi connectivity index (χ1v) is 19.1. The normalized spacial score (nSPS) is 11.2. The van der Waals surface area contributed by atoms with Crippen LogP contribution in [0, 0.1) is 0 Å². The number of furan rings is 1. The predicted molar refractivity (Wildman–Crippen MR) is 236 cm³/mol. The molecule has 0 fully saturated rings. The third-order valence-corrected chi connectivity index (χ3v) is 10.7. The Balaban J connectivity index is 0.984. The maximum atomic E-state index is 6.20. The number of benzene rings is 9. The second-order valence-electron chi connectivity index (χ2n) is 14.2. The molecule has 0 aliphatic heterocycles. The third kappa shape index (κ3) is 6.55. The summed E-state index contributed by atoms with van der Waals surface area (Å²) in [5.74, 6) is 0.879. The molecule has 0 N–H and O–H groups in total. The van der Waals surface area contributed by atoms with Crippen LogP contribution >= 0.6 is 0 Å². The Morgan fingerprint density at radius 1 is 0.250 bits per heavy atom. The molecule has 264 valence electrons. The number of rotatable bonds is 8. The van der Waals surface area contributed by atoms with Crippen LogP contribution in [0.25, 0.3) is 77.6 Å². The van der Waals surface area contributed by atoms with Gasteiger partial charge in [-0.15, -0.1) is 0 Å². The van der Waals surface area contributed by atoms with Crippen molar-refractivity contribution in [3.63, 3.8) is 0 Å². The summed E-state index contributed by atoms with van der Waals surface area (Å²) in [6.45, 7) is 0. The van der Waals surface area contributed by atoms with Crippen molar-refractivity contribution in [2.24, 2.45) is 0 Å². The van der Waals surface area contributed by atoms with Crippen LogP contribution in [0.4, 0.5) is 17.1 Å². The fraction of sp³-hybridized carbons (Fsp3) is 0. The minimum absolute atomic E-state index is 0.879. The molecule has 0 atom stereocenters. The van der Waals surface area contributed by atoms with E-state index in [1.165, 1.54) is 49.7 Å². The number of fused-ring (bicyclic) bond motifs is 2. The average Bonchev–Trinajstić information content (AvgIpc) is 3.72. The van der Waals surface area contributed by atoms with Crippen molar-refractivity contribution in [2.45, 2.75) is 0 Å². The zero-order valence-corrected chi connectivity index (χ0v) is 30.7. The number of hydrogen-bond acceptors (Lipinski definition) is 2. The molecule has 56 heavy (non-hydrogen) atoms.